The molecule has 2 aromatic carbocycles. The van der Waals surface area contributed by atoms with E-state index in [4.69, 9.17) is 9.47 Å². The molecule has 0 saturated heterocycles. The van der Waals surface area contributed by atoms with Gasteiger partial charge in [-0.15, -0.1) is 0 Å². The van der Waals surface area contributed by atoms with Gasteiger partial charge in [0.15, 0.2) is 11.5 Å². The highest BCUT2D eigenvalue weighted by atomic mass is 16.5. The quantitative estimate of drug-likeness (QED) is 0.526. The van der Waals surface area contributed by atoms with Crippen molar-refractivity contribution in [3.63, 3.8) is 0 Å². The largest absolute Gasteiger partial charge is 0.493 e. The first-order valence-corrected chi connectivity index (χ1v) is 11.2. The van der Waals surface area contributed by atoms with E-state index in [1.165, 1.54) is 4.90 Å². The highest BCUT2D eigenvalue weighted by molar-refractivity contribution is 6.36. The second-order valence-electron chi connectivity index (χ2n) is 8.19. The van der Waals surface area contributed by atoms with Gasteiger partial charge in [-0.05, 0) is 54.3 Å². The number of benzene rings is 2. The first-order chi connectivity index (χ1) is 16.6. The van der Waals surface area contributed by atoms with Gasteiger partial charge in [-0.3, -0.25) is 19.5 Å². The van der Waals surface area contributed by atoms with Gasteiger partial charge in [0.2, 0.25) is 0 Å². The van der Waals surface area contributed by atoms with Gasteiger partial charge in [-0.2, -0.15) is 0 Å². The van der Waals surface area contributed by atoms with Crippen LogP contribution in [0.5, 0.6) is 11.5 Å². The molecule has 0 radical (unpaired) electrons. The molecule has 3 aromatic rings. The number of carbonyl (C=O) groups is 2. The molecule has 2 aliphatic rings. The molecule has 5 rings (SSSR count). The molecule has 34 heavy (non-hydrogen) atoms. The fourth-order valence-electron chi connectivity index (χ4n) is 4.63. The second kappa shape index (κ2) is 9.02. The predicted molar refractivity (Wildman–Crippen MR) is 128 cm³/mol. The lowest BCUT2D eigenvalue weighted by Crippen LogP contribution is -2.37. The molecule has 0 bridgehead atoms. The van der Waals surface area contributed by atoms with Crippen LogP contribution in [0.1, 0.15) is 23.2 Å². The van der Waals surface area contributed by atoms with Crippen LogP contribution in [0.2, 0.25) is 0 Å². The molecule has 0 spiro atoms. The molecule has 2 aliphatic heterocycles. The first kappa shape index (κ1) is 21.7. The van der Waals surface area contributed by atoms with Crippen LogP contribution in [0.15, 0.2) is 72.6 Å². The van der Waals surface area contributed by atoms with Gasteiger partial charge in [0.05, 0.1) is 32.0 Å². The number of nitrogens with zero attached hydrogens (tertiary/aromatic N) is 3. The highest BCUT2D eigenvalue weighted by Gasteiger charge is 2.43. The lowest BCUT2D eigenvalue weighted by Gasteiger charge is -2.32. The lowest BCUT2D eigenvalue weighted by molar-refractivity contribution is -0.137. The Bertz CT molecular complexity index is 1290. The van der Waals surface area contributed by atoms with Gasteiger partial charge in [0.25, 0.3) is 11.8 Å². The van der Waals surface area contributed by atoms with Crippen LogP contribution in [0, 0.1) is 0 Å². The van der Waals surface area contributed by atoms with E-state index < -0.39 is 0 Å². The number of imide groups is 1. The van der Waals surface area contributed by atoms with Gasteiger partial charge >= 0.3 is 0 Å². The molecule has 0 saturated carbocycles. The van der Waals surface area contributed by atoms with Crippen molar-refractivity contribution in [2.24, 2.45) is 0 Å². The Hall–Kier alpha value is -4.13. The maximum absolute atomic E-state index is 13.8. The number of hydrogen-bond acceptors (Lipinski definition) is 6. The van der Waals surface area contributed by atoms with E-state index in [1.54, 1.807) is 44.7 Å². The first-order valence-electron chi connectivity index (χ1n) is 11.2. The topological polar surface area (TPSA) is 72.0 Å². The van der Waals surface area contributed by atoms with Crippen molar-refractivity contribution in [2.45, 2.75) is 19.4 Å². The van der Waals surface area contributed by atoms with Crippen LogP contribution in [-0.4, -0.2) is 42.5 Å². The number of aromatic nitrogens is 1. The van der Waals surface area contributed by atoms with E-state index in [9.17, 15) is 9.59 Å². The molecule has 1 aromatic heterocycles. The molecule has 0 atom stereocenters. The summed E-state index contributed by atoms with van der Waals surface area (Å²) in [5.74, 6) is 0.381. The van der Waals surface area contributed by atoms with Crippen molar-refractivity contribution >= 4 is 23.1 Å². The maximum Gasteiger partial charge on any atom is 0.278 e. The van der Waals surface area contributed by atoms with Crippen molar-refractivity contribution in [1.29, 1.82) is 0 Å². The third kappa shape index (κ3) is 3.69. The third-order valence-electron chi connectivity index (χ3n) is 6.24. The summed E-state index contributed by atoms with van der Waals surface area (Å²) in [6, 6.07) is 18.8. The summed E-state index contributed by atoms with van der Waals surface area (Å²) < 4.78 is 10.8. The van der Waals surface area contributed by atoms with Gasteiger partial charge in [0.1, 0.15) is 5.70 Å². The Balaban J connectivity index is 1.65. The SMILES string of the molecule is COc1ccc(C2=C(N3CCCc4ccccc43)C(=O)N(Cc3ccccn3)C2=O)cc1OC. The zero-order valence-electron chi connectivity index (χ0n) is 19.2. The van der Waals surface area contributed by atoms with Crippen molar-refractivity contribution in [3.05, 3.63) is 89.4 Å². The minimum atomic E-state index is -0.346. The standard InChI is InChI=1S/C27H25N3O4/c1-33-22-13-12-19(16-23(22)34-2)24-25(29-15-7-9-18-8-3-4-11-21(18)29)27(32)30(26(24)31)17-20-10-5-6-14-28-20/h3-6,8,10-14,16H,7,9,15,17H2,1-2H3. The molecular formula is C27H25N3O4. The number of para-hydroxylation sites is 1. The Kier molecular flexibility index (Phi) is 5.76. The number of ether oxygens (including phenoxy) is 2. The molecular weight excluding hydrogens is 430 g/mol. The Morgan fingerprint density at radius 2 is 1.71 bits per heavy atom. The molecule has 172 valence electrons. The Morgan fingerprint density at radius 3 is 2.47 bits per heavy atom. The molecule has 3 heterocycles. The highest BCUT2D eigenvalue weighted by Crippen LogP contribution is 2.40. The van der Waals surface area contributed by atoms with Gasteiger partial charge in [0, 0.05) is 18.4 Å². The minimum Gasteiger partial charge on any atom is -0.493 e. The minimum absolute atomic E-state index is 0.105. The predicted octanol–water partition coefficient (Wildman–Crippen LogP) is 3.83. The fraction of sp³-hybridized carbons (Fsp3) is 0.222. The van der Waals surface area contributed by atoms with Crippen LogP contribution in [-0.2, 0) is 22.6 Å². The van der Waals surface area contributed by atoms with E-state index in [0.717, 1.165) is 24.1 Å². The summed E-state index contributed by atoms with van der Waals surface area (Å²) in [6.45, 7) is 0.758. The number of aryl methyl sites for hydroxylation is 1. The van der Waals surface area contributed by atoms with Gasteiger partial charge in [-0.1, -0.05) is 30.3 Å². The van der Waals surface area contributed by atoms with Crippen molar-refractivity contribution in [1.82, 2.24) is 9.88 Å². The summed E-state index contributed by atoms with van der Waals surface area (Å²) in [4.78, 5) is 35.2. The summed E-state index contributed by atoms with van der Waals surface area (Å²) in [7, 11) is 3.11. The number of fused-ring (bicyclic) bond motifs is 1. The number of carbonyl (C=O) groups excluding carboxylic acids is 2. The second-order valence-corrected chi connectivity index (χ2v) is 8.19. The molecule has 7 nitrogen and oxygen atoms in total. The number of pyridine rings is 1. The zero-order chi connectivity index (χ0) is 23.7. The number of rotatable bonds is 6. The number of amides is 2. The summed E-state index contributed by atoms with van der Waals surface area (Å²) in [5.41, 5.74) is 4.13. The molecule has 7 heteroatoms. The number of anilines is 1. The molecule has 2 amide bonds. The van der Waals surface area contributed by atoms with E-state index in [1.807, 2.05) is 35.2 Å². The zero-order valence-corrected chi connectivity index (χ0v) is 19.2. The molecule has 0 fully saturated rings. The smallest absolute Gasteiger partial charge is 0.278 e. The number of methoxy groups -OCH3 is 2. The third-order valence-corrected chi connectivity index (χ3v) is 6.24. The fourth-order valence-corrected chi connectivity index (χ4v) is 4.63. The lowest BCUT2D eigenvalue weighted by atomic mass is 9.98. The van der Waals surface area contributed by atoms with Crippen molar-refractivity contribution in [3.8, 4) is 11.5 Å². The van der Waals surface area contributed by atoms with Crippen LogP contribution >= 0.6 is 0 Å². The van der Waals surface area contributed by atoms with Gasteiger partial charge in [-0.25, -0.2) is 0 Å². The normalized spacial score (nSPS) is 15.6. The Morgan fingerprint density at radius 1 is 0.912 bits per heavy atom. The van der Waals surface area contributed by atoms with Crippen molar-refractivity contribution < 1.29 is 19.1 Å². The summed E-state index contributed by atoms with van der Waals surface area (Å²) >= 11 is 0. The molecule has 0 aliphatic carbocycles. The van der Waals surface area contributed by atoms with Gasteiger partial charge < -0.3 is 14.4 Å². The van der Waals surface area contributed by atoms with Crippen LogP contribution in [0.3, 0.4) is 0 Å². The van der Waals surface area contributed by atoms with Crippen LogP contribution in [0.4, 0.5) is 5.69 Å². The van der Waals surface area contributed by atoms with Crippen LogP contribution < -0.4 is 14.4 Å². The van der Waals surface area contributed by atoms with E-state index in [-0.39, 0.29) is 18.4 Å². The van der Waals surface area contributed by atoms with Crippen LogP contribution in [0.25, 0.3) is 5.57 Å². The molecule has 0 N–H and O–H groups in total. The van der Waals surface area contributed by atoms with E-state index >= 15 is 0 Å². The van der Waals surface area contributed by atoms with Crippen molar-refractivity contribution in [2.75, 3.05) is 25.7 Å². The number of hydrogen-bond donors (Lipinski definition) is 0. The average molecular weight is 456 g/mol. The Labute approximate surface area is 198 Å². The summed E-state index contributed by atoms with van der Waals surface area (Å²) in [5, 5.41) is 0. The maximum atomic E-state index is 13.8. The molecule has 0 unspecified atom stereocenters. The van der Waals surface area contributed by atoms with E-state index in [0.29, 0.717) is 40.6 Å². The monoisotopic (exact) mass is 455 g/mol. The summed E-state index contributed by atoms with van der Waals surface area (Å²) in [6.07, 6.45) is 3.48. The van der Waals surface area contributed by atoms with E-state index in [2.05, 4.69) is 11.1 Å². The average Bonchev–Trinajstić information content (AvgIpc) is 3.13.